The summed E-state index contributed by atoms with van der Waals surface area (Å²) < 4.78 is 6.40. The van der Waals surface area contributed by atoms with Gasteiger partial charge in [0.2, 0.25) is 0 Å². The molecule has 1 aliphatic rings. The highest BCUT2D eigenvalue weighted by Crippen LogP contribution is 2.31. The lowest BCUT2D eigenvalue weighted by atomic mass is 9.85. The molecule has 3 unspecified atom stereocenters. The lowest BCUT2D eigenvalue weighted by molar-refractivity contribution is 0.0930. The van der Waals surface area contributed by atoms with E-state index in [0.717, 1.165) is 35.5 Å². The number of nitrogens with zero attached hydrogens (tertiary/aromatic N) is 1. The summed E-state index contributed by atoms with van der Waals surface area (Å²) in [4.78, 5) is 4.41. The fraction of sp³-hybridized carbons (Fsp3) is 0.500. The van der Waals surface area contributed by atoms with E-state index < -0.39 is 0 Å². The average molecular weight is 284 g/mol. The molecule has 0 saturated heterocycles. The van der Waals surface area contributed by atoms with E-state index in [1.54, 1.807) is 0 Å². The van der Waals surface area contributed by atoms with Crippen LogP contribution in [0, 0.1) is 5.92 Å². The second-order valence-electron chi connectivity index (χ2n) is 6.06. The van der Waals surface area contributed by atoms with Crippen molar-refractivity contribution in [2.75, 3.05) is 6.54 Å². The molecular weight excluding hydrogens is 260 g/mol. The molecule has 1 fully saturated rings. The SMILES string of the molecule is CCNC1CCC(C)CC1Oc1cccc2ncccc12. The molecule has 1 N–H and O–H groups in total. The quantitative estimate of drug-likeness (QED) is 0.927. The molecule has 0 spiro atoms. The van der Waals surface area contributed by atoms with Crippen LogP contribution in [0.25, 0.3) is 10.9 Å². The molecule has 1 saturated carbocycles. The van der Waals surface area contributed by atoms with Crippen molar-refractivity contribution in [3.8, 4) is 5.75 Å². The van der Waals surface area contributed by atoms with E-state index in [1.807, 2.05) is 24.4 Å². The lowest BCUT2D eigenvalue weighted by Crippen LogP contribution is -2.46. The zero-order valence-electron chi connectivity index (χ0n) is 12.9. The van der Waals surface area contributed by atoms with E-state index in [4.69, 9.17) is 4.74 Å². The smallest absolute Gasteiger partial charge is 0.129 e. The van der Waals surface area contributed by atoms with Gasteiger partial charge >= 0.3 is 0 Å². The second kappa shape index (κ2) is 6.44. The molecule has 1 aromatic heterocycles. The summed E-state index contributed by atoms with van der Waals surface area (Å²) in [5.74, 6) is 1.70. The molecule has 3 heteroatoms. The van der Waals surface area contributed by atoms with E-state index in [2.05, 4.69) is 36.3 Å². The van der Waals surface area contributed by atoms with E-state index >= 15 is 0 Å². The van der Waals surface area contributed by atoms with Crippen LogP contribution in [0.3, 0.4) is 0 Å². The zero-order chi connectivity index (χ0) is 14.7. The molecule has 3 atom stereocenters. The minimum absolute atomic E-state index is 0.250. The van der Waals surface area contributed by atoms with Crippen LogP contribution in [0.15, 0.2) is 36.5 Å². The van der Waals surface area contributed by atoms with E-state index in [0.29, 0.717) is 6.04 Å². The number of nitrogens with one attached hydrogen (secondary N) is 1. The van der Waals surface area contributed by atoms with Gasteiger partial charge in [-0.1, -0.05) is 19.9 Å². The summed E-state index contributed by atoms with van der Waals surface area (Å²) in [5, 5.41) is 4.69. The minimum atomic E-state index is 0.250. The van der Waals surface area contributed by atoms with E-state index in [1.165, 1.54) is 12.8 Å². The molecule has 3 rings (SSSR count). The molecule has 1 heterocycles. The Morgan fingerprint density at radius 1 is 1.24 bits per heavy atom. The maximum absolute atomic E-state index is 6.40. The summed E-state index contributed by atoms with van der Waals surface area (Å²) in [5.41, 5.74) is 0.999. The van der Waals surface area contributed by atoms with Gasteiger partial charge in [-0.15, -0.1) is 0 Å². The van der Waals surface area contributed by atoms with Crippen molar-refractivity contribution in [1.29, 1.82) is 0 Å². The number of benzene rings is 1. The van der Waals surface area contributed by atoms with Crippen LogP contribution < -0.4 is 10.1 Å². The number of rotatable bonds is 4. The van der Waals surface area contributed by atoms with Gasteiger partial charge in [0, 0.05) is 17.6 Å². The topological polar surface area (TPSA) is 34.1 Å². The predicted octanol–water partition coefficient (Wildman–Crippen LogP) is 3.78. The van der Waals surface area contributed by atoms with Gasteiger partial charge in [-0.25, -0.2) is 0 Å². The maximum Gasteiger partial charge on any atom is 0.129 e. The fourth-order valence-corrected chi connectivity index (χ4v) is 3.30. The van der Waals surface area contributed by atoms with E-state index in [-0.39, 0.29) is 6.10 Å². The number of likely N-dealkylation sites (N-methyl/N-ethyl adjacent to an activating group) is 1. The largest absolute Gasteiger partial charge is 0.488 e. The Morgan fingerprint density at radius 2 is 2.14 bits per heavy atom. The van der Waals surface area contributed by atoms with Crippen molar-refractivity contribution in [1.82, 2.24) is 10.3 Å². The first-order chi connectivity index (χ1) is 10.3. The molecular formula is C18H24N2O. The first-order valence-corrected chi connectivity index (χ1v) is 8.01. The van der Waals surface area contributed by atoms with Crippen LogP contribution in [0.5, 0.6) is 5.75 Å². The summed E-state index contributed by atoms with van der Waals surface area (Å²) in [6.07, 6.45) is 5.68. The minimum Gasteiger partial charge on any atom is -0.488 e. The van der Waals surface area contributed by atoms with Crippen molar-refractivity contribution in [2.24, 2.45) is 5.92 Å². The number of pyridine rings is 1. The normalized spacial score (nSPS) is 25.9. The van der Waals surface area contributed by atoms with Gasteiger partial charge < -0.3 is 10.1 Å². The van der Waals surface area contributed by atoms with Crippen molar-refractivity contribution < 1.29 is 4.74 Å². The van der Waals surface area contributed by atoms with Crippen LogP contribution in [-0.4, -0.2) is 23.7 Å². The number of ether oxygens (including phenoxy) is 1. The fourth-order valence-electron chi connectivity index (χ4n) is 3.30. The van der Waals surface area contributed by atoms with Crippen LogP contribution >= 0.6 is 0 Å². The van der Waals surface area contributed by atoms with Gasteiger partial charge in [-0.3, -0.25) is 4.98 Å². The van der Waals surface area contributed by atoms with Crippen LogP contribution in [0.2, 0.25) is 0 Å². The highest BCUT2D eigenvalue weighted by Gasteiger charge is 2.29. The van der Waals surface area contributed by atoms with Gasteiger partial charge in [-0.05, 0) is 56.0 Å². The Morgan fingerprint density at radius 3 is 3.00 bits per heavy atom. The lowest BCUT2D eigenvalue weighted by Gasteiger charge is -2.35. The monoisotopic (exact) mass is 284 g/mol. The van der Waals surface area contributed by atoms with Gasteiger partial charge in [0.05, 0.1) is 5.52 Å². The van der Waals surface area contributed by atoms with Gasteiger partial charge in [0.1, 0.15) is 11.9 Å². The third-order valence-corrected chi connectivity index (χ3v) is 4.40. The summed E-state index contributed by atoms with van der Waals surface area (Å²) in [7, 11) is 0. The first-order valence-electron chi connectivity index (χ1n) is 8.01. The molecule has 0 bridgehead atoms. The first kappa shape index (κ1) is 14.3. The maximum atomic E-state index is 6.40. The highest BCUT2D eigenvalue weighted by atomic mass is 16.5. The van der Waals surface area contributed by atoms with Crippen molar-refractivity contribution in [2.45, 2.75) is 45.3 Å². The zero-order valence-corrected chi connectivity index (χ0v) is 12.9. The molecule has 2 aromatic rings. The summed E-state index contributed by atoms with van der Waals surface area (Å²) >= 11 is 0. The Balaban J connectivity index is 1.85. The Kier molecular flexibility index (Phi) is 4.39. The third kappa shape index (κ3) is 3.18. The molecule has 112 valence electrons. The van der Waals surface area contributed by atoms with E-state index in [9.17, 15) is 0 Å². The van der Waals surface area contributed by atoms with Crippen molar-refractivity contribution in [3.05, 3.63) is 36.5 Å². The summed E-state index contributed by atoms with van der Waals surface area (Å²) in [6, 6.07) is 10.6. The molecule has 0 amide bonds. The average Bonchev–Trinajstić information content (AvgIpc) is 2.50. The van der Waals surface area contributed by atoms with Gasteiger partial charge in [0.25, 0.3) is 0 Å². The Hall–Kier alpha value is -1.61. The number of hydrogen-bond acceptors (Lipinski definition) is 3. The van der Waals surface area contributed by atoms with Crippen LogP contribution in [0.4, 0.5) is 0 Å². The molecule has 1 aliphatic carbocycles. The number of hydrogen-bond donors (Lipinski definition) is 1. The third-order valence-electron chi connectivity index (χ3n) is 4.40. The molecule has 3 nitrogen and oxygen atoms in total. The van der Waals surface area contributed by atoms with Gasteiger partial charge in [0.15, 0.2) is 0 Å². The highest BCUT2D eigenvalue weighted by molar-refractivity contribution is 5.84. The van der Waals surface area contributed by atoms with Gasteiger partial charge in [-0.2, -0.15) is 0 Å². The van der Waals surface area contributed by atoms with Crippen molar-refractivity contribution in [3.63, 3.8) is 0 Å². The van der Waals surface area contributed by atoms with Crippen LogP contribution in [0.1, 0.15) is 33.1 Å². The second-order valence-corrected chi connectivity index (χ2v) is 6.06. The predicted molar refractivity (Wildman–Crippen MR) is 86.6 cm³/mol. The van der Waals surface area contributed by atoms with Crippen LogP contribution in [-0.2, 0) is 0 Å². The Labute approximate surface area is 126 Å². The molecule has 0 radical (unpaired) electrons. The van der Waals surface area contributed by atoms with Crippen molar-refractivity contribution >= 4 is 10.9 Å². The number of aromatic nitrogens is 1. The number of fused-ring (bicyclic) bond motifs is 1. The Bertz CT molecular complexity index is 593. The standard InChI is InChI=1S/C18H24N2O/c1-3-19-16-10-9-13(2)12-18(16)21-17-8-4-7-15-14(17)6-5-11-20-15/h4-8,11,13,16,18-19H,3,9-10,12H2,1-2H3. The molecule has 21 heavy (non-hydrogen) atoms. The molecule has 0 aliphatic heterocycles. The molecule has 1 aromatic carbocycles. The summed E-state index contributed by atoms with van der Waals surface area (Å²) in [6.45, 7) is 5.48.